The summed E-state index contributed by atoms with van der Waals surface area (Å²) in [4.78, 5) is 21.5. The molecule has 1 aromatic carbocycles. The van der Waals surface area contributed by atoms with Crippen LogP contribution in [0.5, 0.6) is 0 Å². The number of para-hydroxylation sites is 1. The highest BCUT2D eigenvalue weighted by molar-refractivity contribution is 5.76. The minimum absolute atomic E-state index is 0.323. The number of piperazine rings is 2. The van der Waals surface area contributed by atoms with Crippen molar-refractivity contribution in [2.45, 2.75) is 6.42 Å². The molecule has 0 N–H and O–H groups in total. The summed E-state index contributed by atoms with van der Waals surface area (Å²) in [6.45, 7) is 8.86. The summed E-state index contributed by atoms with van der Waals surface area (Å²) in [6.07, 6.45) is 0.662. The largest absolute Gasteiger partial charge is 0.369 e. The topological polar surface area (TPSA) is 30.0 Å². The molecule has 0 aliphatic carbocycles. The van der Waals surface area contributed by atoms with E-state index in [-0.39, 0.29) is 0 Å². The molecule has 0 aromatic heterocycles. The molecule has 0 radical (unpaired) electrons. The number of anilines is 1. The van der Waals surface area contributed by atoms with Gasteiger partial charge in [0, 0.05) is 71.0 Å². The van der Waals surface area contributed by atoms with E-state index in [0.717, 1.165) is 58.9 Å². The summed E-state index contributed by atoms with van der Waals surface area (Å²) < 4.78 is 0. The quantitative estimate of drug-likeness (QED) is 0.828. The monoisotopic (exact) mass is 316 g/mol. The maximum absolute atomic E-state index is 12.3. The van der Waals surface area contributed by atoms with E-state index in [0.29, 0.717) is 12.3 Å². The van der Waals surface area contributed by atoms with Crippen LogP contribution in [-0.2, 0) is 4.79 Å². The van der Waals surface area contributed by atoms with Gasteiger partial charge in [0.25, 0.3) is 0 Å². The van der Waals surface area contributed by atoms with Gasteiger partial charge in [-0.15, -0.1) is 0 Å². The summed E-state index contributed by atoms with van der Waals surface area (Å²) in [5.74, 6) is 0.323. The van der Waals surface area contributed by atoms with Crippen LogP contribution < -0.4 is 4.90 Å². The molecule has 1 amide bonds. The van der Waals surface area contributed by atoms with Gasteiger partial charge >= 0.3 is 0 Å². The highest BCUT2D eigenvalue weighted by atomic mass is 16.2. The van der Waals surface area contributed by atoms with Crippen LogP contribution in [0.15, 0.2) is 30.3 Å². The minimum atomic E-state index is 0.323. The number of amides is 1. The standard InChI is InChI=1S/C18H28N4O/c1-19-9-13-22(14-10-19)18(23)7-8-20-11-15-21(16-12-20)17-5-3-2-4-6-17/h2-6H,7-16H2,1H3. The van der Waals surface area contributed by atoms with E-state index < -0.39 is 0 Å². The van der Waals surface area contributed by atoms with Gasteiger partial charge in [0.2, 0.25) is 5.91 Å². The summed E-state index contributed by atoms with van der Waals surface area (Å²) in [6, 6.07) is 10.6. The third kappa shape index (κ3) is 4.45. The zero-order valence-corrected chi connectivity index (χ0v) is 14.2. The molecule has 5 heteroatoms. The van der Waals surface area contributed by atoms with E-state index in [1.165, 1.54) is 5.69 Å². The number of carbonyl (C=O) groups excluding carboxylic acids is 1. The molecule has 2 aliphatic rings. The fraction of sp³-hybridized carbons (Fsp3) is 0.611. The third-order valence-corrected chi connectivity index (χ3v) is 4.99. The maximum Gasteiger partial charge on any atom is 0.223 e. The van der Waals surface area contributed by atoms with Crippen LogP contribution >= 0.6 is 0 Å². The lowest BCUT2D eigenvalue weighted by molar-refractivity contribution is -0.133. The van der Waals surface area contributed by atoms with E-state index in [1.54, 1.807) is 0 Å². The molecule has 23 heavy (non-hydrogen) atoms. The first kappa shape index (κ1) is 16.3. The first-order valence-electron chi connectivity index (χ1n) is 8.71. The van der Waals surface area contributed by atoms with Crippen LogP contribution in [0.1, 0.15) is 6.42 Å². The van der Waals surface area contributed by atoms with E-state index >= 15 is 0 Å². The zero-order chi connectivity index (χ0) is 16.1. The van der Waals surface area contributed by atoms with Crippen LogP contribution in [0.25, 0.3) is 0 Å². The van der Waals surface area contributed by atoms with Crippen molar-refractivity contribution >= 4 is 11.6 Å². The second kappa shape index (κ2) is 7.79. The first-order chi connectivity index (χ1) is 11.2. The molecule has 0 spiro atoms. The first-order valence-corrected chi connectivity index (χ1v) is 8.71. The van der Waals surface area contributed by atoms with Crippen molar-refractivity contribution in [3.63, 3.8) is 0 Å². The SMILES string of the molecule is CN1CCN(C(=O)CCN2CCN(c3ccccc3)CC2)CC1. The molecule has 2 saturated heterocycles. The number of hydrogen-bond donors (Lipinski definition) is 0. The molecule has 0 bridgehead atoms. The van der Waals surface area contributed by atoms with Crippen LogP contribution in [0, 0.1) is 0 Å². The maximum atomic E-state index is 12.3. The number of carbonyl (C=O) groups is 1. The number of nitrogens with zero attached hydrogens (tertiary/aromatic N) is 4. The number of likely N-dealkylation sites (N-methyl/N-ethyl adjacent to an activating group) is 1. The highest BCUT2D eigenvalue weighted by Gasteiger charge is 2.21. The average molecular weight is 316 g/mol. The van der Waals surface area contributed by atoms with Crippen LogP contribution in [0.2, 0.25) is 0 Å². The number of hydrogen-bond acceptors (Lipinski definition) is 4. The van der Waals surface area contributed by atoms with Crippen LogP contribution in [0.4, 0.5) is 5.69 Å². The molecule has 0 saturated carbocycles. The van der Waals surface area contributed by atoms with E-state index in [4.69, 9.17) is 0 Å². The Bertz CT molecular complexity index is 491. The second-order valence-electron chi connectivity index (χ2n) is 6.60. The summed E-state index contributed by atoms with van der Waals surface area (Å²) in [5.41, 5.74) is 1.31. The Kier molecular flexibility index (Phi) is 5.51. The van der Waals surface area contributed by atoms with Crippen molar-refractivity contribution < 1.29 is 4.79 Å². The van der Waals surface area contributed by atoms with E-state index in [2.05, 4.69) is 52.1 Å². The van der Waals surface area contributed by atoms with Crippen molar-refractivity contribution in [2.24, 2.45) is 0 Å². The number of benzene rings is 1. The lowest BCUT2D eigenvalue weighted by Gasteiger charge is -2.37. The predicted molar refractivity (Wildman–Crippen MR) is 93.8 cm³/mol. The minimum Gasteiger partial charge on any atom is -0.369 e. The summed E-state index contributed by atoms with van der Waals surface area (Å²) >= 11 is 0. The average Bonchev–Trinajstić information content (AvgIpc) is 2.61. The fourth-order valence-corrected chi connectivity index (χ4v) is 3.34. The van der Waals surface area contributed by atoms with Crippen molar-refractivity contribution in [2.75, 3.05) is 70.9 Å². The van der Waals surface area contributed by atoms with Crippen molar-refractivity contribution in [1.82, 2.24) is 14.7 Å². The lowest BCUT2D eigenvalue weighted by Crippen LogP contribution is -2.49. The molecule has 0 unspecified atom stereocenters. The molecular weight excluding hydrogens is 288 g/mol. The molecule has 3 rings (SSSR count). The van der Waals surface area contributed by atoms with Crippen molar-refractivity contribution in [3.05, 3.63) is 30.3 Å². The van der Waals surface area contributed by atoms with E-state index in [1.807, 2.05) is 4.90 Å². The Morgan fingerprint density at radius 3 is 2.22 bits per heavy atom. The van der Waals surface area contributed by atoms with Gasteiger partial charge in [0.1, 0.15) is 0 Å². The van der Waals surface area contributed by atoms with Crippen LogP contribution in [0.3, 0.4) is 0 Å². The second-order valence-corrected chi connectivity index (χ2v) is 6.60. The van der Waals surface area contributed by atoms with E-state index in [9.17, 15) is 4.79 Å². The normalized spacial score (nSPS) is 20.7. The fourth-order valence-electron chi connectivity index (χ4n) is 3.34. The molecule has 2 aliphatic heterocycles. The Hall–Kier alpha value is -1.59. The van der Waals surface area contributed by atoms with Crippen molar-refractivity contribution in [3.8, 4) is 0 Å². The molecule has 126 valence electrons. The molecule has 2 fully saturated rings. The van der Waals surface area contributed by atoms with Gasteiger partial charge in [-0.3, -0.25) is 9.69 Å². The predicted octanol–water partition coefficient (Wildman–Crippen LogP) is 0.973. The van der Waals surface area contributed by atoms with Crippen molar-refractivity contribution in [1.29, 1.82) is 0 Å². The van der Waals surface area contributed by atoms with Gasteiger partial charge in [-0.2, -0.15) is 0 Å². The summed E-state index contributed by atoms with van der Waals surface area (Å²) in [5, 5.41) is 0. The molecule has 5 nitrogen and oxygen atoms in total. The molecule has 0 atom stereocenters. The Morgan fingerprint density at radius 1 is 0.913 bits per heavy atom. The Morgan fingerprint density at radius 2 is 1.57 bits per heavy atom. The van der Waals surface area contributed by atoms with Gasteiger partial charge < -0.3 is 14.7 Å². The Labute approximate surface area is 139 Å². The lowest BCUT2D eigenvalue weighted by atomic mass is 10.2. The van der Waals surface area contributed by atoms with Gasteiger partial charge in [-0.25, -0.2) is 0 Å². The molecular formula is C18H28N4O. The zero-order valence-electron chi connectivity index (χ0n) is 14.2. The van der Waals surface area contributed by atoms with Crippen LogP contribution in [-0.4, -0.2) is 86.6 Å². The van der Waals surface area contributed by atoms with Gasteiger partial charge in [-0.05, 0) is 19.2 Å². The molecule has 1 aromatic rings. The number of rotatable bonds is 4. The highest BCUT2D eigenvalue weighted by Crippen LogP contribution is 2.15. The van der Waals surface area contributed by atoms with Gasteiger partial charge in [0.15, 0.2) is 0 Å². The van der Waals surface area contributed by atoms with Gasteiger partial charge in [0.05, 0.1) is 0 Å². The molecule has 2 heterocycles. The smallest absolute Gasteiger partial charge is 0.223 e. The third-order valence-electron chi connectivity index (χ3n) is 4.99. The Balaban J connectivity index is 1.38. The van der Waals surface area contributed by atoms with Gasteiger partial charge in [-0.1, -0.05) is 18.2 Å². The summed E-state index contributed by atoms with van der Waals surface area (Å²) in [7, 11) is 2.12.